The molecule has 2 rings (SSSR count). The van der Waals surface area contributed by atoms with E-state index in [2.05, 4.69) is 0 Å². The van der Waals surface area contributed by atoms with Crippen LogP contribution in [0.1, 0.15) is 30.4 Å². The third-order valence-electron chi connectivity index (χ3n) is 3.62. The largest absolute Gasteiger partial charge is 0.416 e. The second-order valence-corrected chi connectivity index (χ2v) is 5.04. The van der Waals surface area contributed by atoms with Crippen LogP contribution in [0.25, 0.3) is 0 Å². The van der Waals surface area contributed by atoms with Gasteiger partial charge in [0.05, 0.1) is 5.56 Å². The van der Waals surface area contributed by atoms with Crippen LogP contribution in [0.4, 0.5) is 13.2 Å². The van der Waals surface area contributed by atoms with Gasteiger partial charge in [0.1, 0.15) is 5.78 Å². The first kappa shape index (κ1) is 14.1. The van der Waals surface area contributed by atoms with E-state index in [1.54, 1.807) is 6.07 Å². The summed E-state index contributed by atoms with van der Waals surface area (Å²) in [6.45, 7) is 0. The smallest absolute Gasteiger partial charge is 0.327 e. The standard InChI is InChI=1S/C14H16F3NO/c15-14(16,17)10-4-1-3-9(7-10)8-13(19)11-5-2-6-12(11)18/h1,3-4,7,11-12H,2,5-6,8,18H2. The molecule has 2 N–H and O–H groups in total. The number of hydrogen-bond acceptors (Lipinski definition) is 2. The molecule has 2 nitrogen and oxygen atoms in total. The van der Waals surface area contributed by atoms with Crippen LogP contribution < -0.4 is 5.73 Å². The fourth-order valence-corrected chi connectivity index (χ4v) is 2.58. The number of halogens is 3. The van der Waals surface area contributed by atoms with E-state index < -0.39 is 11.7 Å². The lowest BCUT2D eigenvalue weighted by Crippen LogP contribution is -2.31. The molecule has 104 valence electrons. The van der Waals surface area contributed by atoms with Gasteiger partial charge in [0.2, 0.25) is 0 Å². The molecule has 1 aromatic rings. The average molecular weight is 271 g/mol. The zero-order valence-electron chi connectivity index (χ0n) is 10.4. The fraction of sp³-hybridized carbons (Fsp3) is 0.500. The van der Waals surface area contributed by atoms with E-state index >= 15 is 0 Å². The third-order valence-corrected chi connectivity index (χ3v) is 3.62. The molecule has 1 fully saturated rings. The van der Waals surface area contributed by atoms with Gasteiger partial charge in [0, 0.05) is 18.4 Å². The Morgan fingerprint density at radius 2 is 2.05 bits per heavy atom. The van der Waals surface area contributed by atoms with E-state index in [0.29, 0.717) is 5.56 Å². The number of alkyl halides is 3. The van der Waals surface area contributed by atoms with Crippen molar-refractivity contribution >= 4 is 5.78 Å². The van der Waals surface area contributed by atoms with Crippen molar-refractivity contribution in [1.82, 2.24) is 0 Å². The van der Waals surface area contributed by atoms with Gasteiger partial charge in [-0.25, -0.2) is 0 Å². The molecular formula is C14H16F3NO. The molecule has 0 radical (unpaired) electrons. The van der Waals surface area contributed by atoms with Crippen LogP contribution in [0.2, 0.25) is 0 Å². The van der Waals surface area contributed by atoms with E-state index in [-0.39, 0.29) is 24.2 Å². The minimum Gasteiger partial charge on any atom is -0.327 e. The summed E-state index contributed by atoms with van der Waals surface area (Å²) in [6.07, 6.45) is -1.86. The van der Waals surface area contributed by atoms with Crippen molar-refractivity contribution in [2.75, 3.05) is 0 Å². The second kappa shape index (κ2) is 5.33. The second-order valence-electron chi connectivity index (χ2n) is 5.04. The Morgan fingerprint density at radius 3 is 2.63 bits per heavy atom. The molecule has 0 amide bonds. The maximum Gasteiger partial charge on any atom is 0.416 e. The van der Waals surface area contributed by atoms with Gasteiger partial charge in [-0.15, -0.1) is 0 Å². The first-order valence-electron chi connectivity index (χ1n) is 6.32. The number of Topliss-reactive ketones (excluding diaryl/α,β-unsaturated/α-hetero) is 1. The highest BCUT2D eigenvalue weighted by Gasteiger charge is 2.32. The Morgan fingerprint density at radius 1 is 1.32 bits per heavy atom. The molecule has 1 aromatic carbocycles. The van der Waals surface area contributed by atoms with Gasteiger partial charge in [-0.1, -0.05) is 24.6 Å². The van der Waals surface area contributed by atoms with E-state index in [4.69, 9.17) is 5.73 Å². The lowest BCUT2D eigenvalue weighted by Gasteiger charge is -2.14. The van der Waals surface area contributed by atoms with Crippen LogP contribution in [0, 0.1) is 5.92 Å². The number of ketones is 1. The molecule has 2 atom stereocenters. The summed E-state index contributed by atoms with van der Waals surface area (Å²) in [7, 11) is 0. The van der Waals surface area contributed by atoms with Crippen molar-refractivity contribution in [3.05, 3.63) is 35.4 Å². The van der Waals surface area contributed by atoms with Crippen molar-refractivity contribution in [1.29, 1.82) is 0 Å². The molecular weight excluding hydrogens is 255 g/mol. The number of rotatable bonds is 3. The predicted molar refractivity (Wildman–Crippen MR) is 65.5 cm³/mol. The summed E-state index contributed by atoms with van der Waals surface area (Å²) < 4.78 is 37.7. The van der Waals surface area contributed by atoms with E-state index in [9.17, 15) is 18.0 Å². The van der Waals surface area contributed by atoms with Crippen LogP contribution in [0.5, 0.6) is 0 Å². The molecule has 19 heavy (non-hydrogen) atoms. The highest BCUT2D eigenvalue weighted by molar-refractivity contribution is 5.84. The topological polar surface area (TPSA) is 43.1 Å². The molecule has 0 bridgehead atoms. The van der Waals surface area contributed by atoms with Crippen LogP contribution in [-0.2, 0) is 17.4 Å². The number of hydrogen-bond donors (Lipinski definition) is 1. The lowest BCUT2D eigenvalue weighted by molar-refractivity contribution is -0.137. The minimum atomic E-state index is -4.37. The van der Waals surface area contributed by atoms with Crippen molar-refractivity contribution in [3.63, 3.8) is 0 Å². The zero-order chi connectivity index (χ0) is 14.0. The molecule has 0 aromatic heterocycles. The Kier molecular flexibility index (Phi) is 3.94. The van der Waals surface area contributed by atoms with Gasteiger partial charge < -0.3 is 5.73 Å². The number of carbonyl (C=O) groups excluding carboxylic acids is 1. The van der Waals surface area contributed by atoms with Crippen molar-refractivity contribution in [2.45, 2.75) is 37.9 Å². The minimum absolute atomic E-state index is 0.0300. The molecule has 0 heterocycles. The van der Waals surface area contributed by atoms with Gasteiger partial charge in [-0.05, 0) is 24.5 Å². The summed E-state index contributed by atoms with van der Waals surface area (Å²) in [6, 6.07) is 4.79. The van der Waals surface area contributed by atoms with Crippen molar-refractivity contribution in [3.8, 4) is 0 Å². The summed E-state index contributed by atoms with van der Waals surface area (Å²) in [4.78, 5) is 12.0. The van der Waals surface area contributed by atoms with Crippen molar-refractivity contribution in [2.24, 2.45) is 11.7 Å². The van der Waals surface area contributed by atoms with E-state index in [0.717, 1.165) is 31.4 Å². The van der Waals surface area contributed by atoms with Crippen LogP contribution in [0.15, 0.2) is 24.3 Å². The first-order valence-corrected chi connectivity index (χ1v) is 6.32. The predicted octanol–water partition coefficient (Wildman–Crippen LogP) is 2.94. The molecule has 0 spiro atoms. The van der Waals surface area contributed by atoms with Gasteiger partial charge in [0.15, 0.2) is 0 Å². The summed E-state index contributed by atoms with van der Waals surface area (Å²) in [5.74, 6) is -0.251. The summed E-state index contributed by atoms with van der Waals surface area (Å²) >= 11 is 0. The molecule has 1 aliphatic rings. The SMILES string of the molecule is NC1CCCC1C(=O)Cc1cccc(C(F)(F)F)c1. The van der Waals surface area contributed by atoms with Crippen molar-refractivity contribution < 1.29 is 18.0 Å². The highest BCUT2D eigenvalue weighted by atomic mass is 19.4. The van der Waals surface area contributed by atoms with E-state index in [1.807, 2.05) is 0 Å². The van der Waals surface area contributed by atoms with E-state index in [1.165, 1.54) is 6.07 Å². The molecule has 0 saturated heterocycles. The number of carbonyl (C=O) groups is 1. The normalized spacial score (nSPS) is 23.6. The van der Waals surface area contributed by atoms with Crippen LogP contribution >= 0.6 is 0 Å². The quantitative estimate of drug-likeness (QED) is 0.918. The summed E-state index contributed by atoms with van der Waals surface area (Å²) in [5, 5.41) is 0. The Balaban J connectivity index is 2.09. The maximum atomic E-state index is 12.6. The highest BCUT2D eigenvalue weighted by Crippen LogP contribution is 2.30. The Hall–Kier alpha value is -1.36. The van der Waals surface area contributed by atoms with Crippen LogP contribution in [-0.4, -0.2) is 11.8 Å². The zero-order valence-corrected chi connectivity index (χ0v) is 10.4. The Bertz CT molecular complexity index is 470. The van der Waals surface area contributed by atoms with Gasteiger partial charge in [0.25, 0.3) is 0 Å². The first-order chi connectivity index (χ1) is 8.88. The molecule has 5 heteroatoms. The van der Waals surface area contributed by atoms with Gasteiger partial charge >= 0.3 is 6.18 Å². The van der Waals surface area contributed by atoms with Crippen LogP contribution in [0.3, 0.4) is 0 Å². The third kappa shape index (κ3) is 3.35. The summed E-state index contributed by atoms with van der Waals surface area (Å²) in [5.41, 5.74) is 5.52. The monoisotopic (exact) mass is 271 g/mol. The number of nitrogens with two attached hydrogens (primary N) is 1. The molecule has 2 unspecified atom stereocenters. The van der Waals surface area contributed by atoms with Gasteiger partial charge in [-0.3, -0.25) is 4.79 Å². The number of benzene rings is 1. The van der Waals surface area contributed by atoms with Gasteiger partial charge in [-0.2, -0.15) is 13.2 Å². The fourth-order valence-electron chi connectivity index (χ4n) is 2.58. The Labute approximate surface area is 109 Å². The molecule has 1 saturated carbocycles. The molecule has 0 aliphatic heterocycles. The maximum absolute atomic E-state index is 12.6. The average Bonchev–Trinajstić information content (AvgIpc) is 2.75. The molecule has 1 aliphatic carbocycles. The lowest BCUT2D eigenvalue weighted by atomic mass is 9.93.